The zero-order valence-corrected chi connectivity index (χ0v) is 11.4. The number of halogens is 2. The third kappa shape index (κ3) is 2.69. The minimum absolute atomic E-state index is 0.786. The van der Waals surface area contributed by atoms with E-state index in [2.05, 4.69) is 68.1 Å². The van der Waals surface area contributed by atoms with Gasteiger partial charge in [0, 0.05) is 6.07 Å². The van der Waals surface area contributed by atoms with E-state index in [9.17, 15) is 0 Å². The summed E-state index contributed by atoms with van der Waals surface area (Å²) in [7, 11) is 0. The van der Waals surface area contributed by atoms with Gasteiger partial charge in [-0.1, -0.05) is 29.8 Å². The summed E-state index contributed by atoms with van der Waals surface area (Å²) in [5, 5.41) is 4.32. The Morgan fingerprint density at radius 1 is 1.27 bits per heavy atom. The molecule has 0 unspecified atom stereocenters. The summed E-state index contributed by atoms with van der Waals surface area (Å²) in [6.45, 7) is 2.88. The molecule has 0 aliphatic rings. The number of hydrogen-bond donors (Lipinski definition) is 0. The highest BCUT2D eigenvalue weighted by Gasteiger charge is 2.03. The van der Waals surface area contributed by atoms with Gasteiger partial charge >= 0.3 is 0 Å². The molecule has 4 heteroatoms. The van der Waals surface area contributed by atoms with Crippen molar-refractivity contribution in [1.82, 2.24) is 9.78 Å². The molecule has 0 N–H and O–H groups in total. The maximum atomic E-state index is 4.32. The lowest BCUT2D eigenvalue weighted by Crippen LogP contribution is -2.01. The zero-order chi connectivity index (χ0) is 10.8. The van der Waals surface area contributed by atoms with Crippen LogP contribution < -0.4 is 0 Å². The topological polar surface area (TPSA) is 17.8 Å². The normalized spacial score (nSPS) is 10.6. The Kier molecular flexibility index (Phi) is 3.26. The molecule has 1 aromatic heterocycles. The number of aryl methyl sites for hydroxylation is 1. The van der Waals surface area contributed by atoms with Crippen molar-refractivity contribution in [3.63, 3.8) is 0 Å². The van der Waals surface area contributed by atoms with Crippen LogP contribution in [0.25, 0.3) is 0 Å². The van der Waals surface area contributed by atoms with Gasteiger partial charge in [0.25, 0.3) is 0 Å². The quantitative estimate of drug-likeness (QED) is 0.820. The van der Waals surface area contributed by atoms with Gasteiger partial charge in [-0.2, -0.15) is 5.10 Å². The highest BCUT2D eigenvalue weighted by molar-refractivity contribution is 9.11. The summed E-state index contributed by atoms with van der Waals surface area (Å²) in [6, 6.07) is 10.4. The van der Waals surface area contributed by atoms with Gasteiger partial charge < -0.3 is 0 Å². The Morgan fingerprint density at radius 2 is 2.07 bits per heavy atom. The van der Waals surface area contributed by atoms with Crippen LogP contribution in [0.2, 0.25) is 0 Å². The van der Waals surface area contributed by atoms with E-state index in [0.29, 0.717) is 0 Å². The molecule has 1 heterocycles. The van der Waals surface area contributed by atoms with Crippen molar-refractivity contribution in [2.24, 2.45) is 0 Å². The Balaban J connectivity index is 2.25. The molecular weight excluding hydrogens is 320 g/mol. The highest BCUT2D eigenvalue weighted by Crippen LogP contribution is 2.17. The fraction of sp³-hybridized carbons (Fsp3) is 0.182. The number of rotatable bonds is 2. The Morgan fingerprint density at radius 3 is 2.67 bits per heavy atom. The average molecular weight is 330 g/mol. The van der Waals surface area contributed by atoms with Crippen molar-refractivity contribution in [3.05, 3.63) is 50.7 Å². The van der Waals surface area contributed by atoms with Crippen LogP contribution in [0.3, 0.4) is 0 Å². The average Bonchev–Trinajstić information content (AvgIpc) is 2.45. The zero-order valence-electron chi connectivity index (χ0n) is 8.24. The molecule has 0 radical (unpaired) electrons. The minimum atomic E-state index is 0.786. The molecular formula is C11H10Br2N2. The first-order valence-electron chi connectivity index (χ1n) is 4.59. The standard InChI is InChI=1S/C11H10Br2N2/c1-8-3-2-4-9(5-8)7-15-11(13)6-10(12)14-15/h2-6H,7H2,1H3. The predicted octanol–water partition coefficient (Wildman–Crippen LogP) is 3.76. The van der Waals surface area contributed by atoms with Gasteiger partial charge in [-0.15, -0.1) is 0 Å². The van der Waals surface area contributed by atoms with Crippen molar-refractivity contribution in [2.75, 3.05) is 0 Å². The minimum Gasteiger partial charge on any atom is -0.253 e. The van der Waals surface area contributed by atoms with E-state index in [-0.39, 0.29) is 0 Å². The maximum absolute atomic E-state index is 4.32. The van der Waals surface area contributed by atoms with Crippen LogP contribution in [0.15, 0.2) is 39.5 Å². The van der Waals surface area contributed by atoms with Crippen LogP contribution in [0.5, 0.6) is 0 Å². The first kappa shape index (κ1) is 10.9. The third-order valence-corrected chi connectivity index (χ3v) is 3.14. The maximum Gasteiger partial charge on any atom is 0.129 e. The molecule has 15 heavy (non-hydrogen) atoms. The predicted molar refractivity (Wildman–Crippen MR) is 67.9 cm³/mol. The van der Waals surface area contributed by atoms with Crippen molar-refractivity contribution in [2.45, 2.75) is 13.5 Å². The molecule has 0 aliphatic heterocycles. The molecule has 2 rings (SSSR count). The molecule has 0 amide bonds. The van der Waals surface area contributed by atoms with E-state index in [1.807, 2.05) is 10.7 Å². The summed E-state index contributed by atoms with van der Waals surface area (Å²) in [4.78, 5) is 0. The molecule has 0 saturated carbocycles. The van der Waals surface area contributed by atoms with Gasteiger partial charge in [-0.25, -0.2) is 0 Å². The van der Waals surface area contributed by atoms with Gasteiger partial charge in [-0.3, -0.25) is 4.68 Å². The lowest BCUT2D eigenvalue weighted by atomic mass is 10.1. The highest BCUT2D eigenvalue weighted by atomic mass is 79.9. The van der Waals surface area contributed by atoms with Gasteiger partial charge in [0.2, 0.25) is 0 Å². The molecule has 0 bridgehead atoms. The third-order valence-electron chi connectivity index (χ3n) is 2.12. The summed E-state index contributed by atoms with van der Waals surface area (Å²) in [5.41, 5.74) is 2.53. The molecule has 0 spiro atoms. The molecule has 78 valence electrons. The van der Waals surface area contributed by atoms with Crippen LogP contribution in [0.4, 0.5) is 0 Å². The molecule has 1 aromatic carbocycles. The van der Waals surface area contributed by atoms with E-state index >= 15 is 0 Å². The number of aromatic nitrogens is 2. The Bertz CT molecular complexity index is 477. The summed E-state index contributed by atoms with van der Waals surface area (Å²) in [6.07, 6.45) is 0. The van der Waals surface area contributed by atoms with E-state index in [1.54, 1.807) is 0 Å². The van der Waals surface area contributed by atoms with E-state index in [4.69, 9.17) is 0 Å². The number of benzene rings is 1. The second kappa shape index (κ2) is 4.49. The van der Waals surface area contributed by atoms with Crippen LogP contribution in [-0.4, -0.2) is 9.78 Å². The van der Waals surface area contributed by atoms with Gasteiger partial charge in [0.1, 0.15) is 9.21 Å². The summed E-state index contributed by atoms with van der Waals surface area (Å²) in [5.74, 6) is 0. The molecule has 0 saturated heterocycles. The fourth-order valence-corrected chi connectivity index (χ4v) is 2.60. The van der Waals surface area contributed by atoms with E-state index < -0.39 is 0 Å². The first-order valence-corrected chi connectivity index (χ1v) is 6.18. The first-order chi connectivity index (χ1) is 7.15. The molecule has 2 aromatic rings. The van der Waals surface area contributed by atoms with E-state index in [1.165, 1.54) is 11.1 Å². The largest absolute Gasteiger partial charge is 0.253 e. The lowest BCUT2D eigenvalue weighted by Gasteiger charge is -2.04. The van der Waals surface area contributed by atoms with Gasteiger partial charge in [0.05, 0.1) is 6.54 Å². The SMILES string of the molecule is Cc1cccc(Cn2nc(Br)cc2Br)c1. The molecule has 2 nitrogen and oxygen atoms in total. The van der Waals surface area contributed by atoms with E-state index in [0.717, 1.165) is 15.8 Å². The van der Waals surface area contributed by atoms with Crippen LogP contribution >= 0.6 is 31.9 Å². The van der Waals surface area contributed by atoms with Crippen LogP contribution in [0.1, 0.15) is 11.1 Å². The monoisotopic (exact) mass is 328 g/mol. The molecule has 0 aliphatic carbocycles. The van der Waals surface area contributed by atoms with Crippen molar-refractivity contribution < 1.29 is 0 Å². The summed E-state index contributed by atoms with van der Waals surface area (Å²) >= 11 is 6.81. The fourth-order valence-electron chi connectivity index (χ4n) is 1.46. The molecule has 0 atom stereocenters. The lowest BCUT2D eigenvalue weighted by molar-refractivity contribution is 0.667. The Hall–Kier alpha value is -0.610. The molecule has 0 fully saturated rings. The Labute approximate surface area is 106 Å². The smallest absolute Gasteiger partial charge is 0.129 e. The van der Waals surface area contributed by atoms with Crippen LogP contribution in [-0.2, 0) is 6.54 Å². The van der Waals surface area contributed by atoms with Crippen molar-refractivity contribution >= 4 is 31.9 Å². The summed E-state index contributed by atoms with van der Waals surface area (Å²) < 4.78 is 3.75. The van der Waals surface area contributed by atoms with Crippen LogP contribution in [0, 0.1) is 6.92 Å². The van der Waals surface area contributed by atoms with Gasteiger partial charge in [-0.05, 0) is 44.3 Å². The second-order valence-corrected chi connectivity index (χ2v) is 5.06. The number of nitrogens with zero attached hydrogens (tertiary/aromatic N) is 2. The van der Waals surface area contributed by atoms with Gasteiger partial charge in [0.15, 0.2) is 0 Å². The number of hydrogen-bond acceptors (Lipinski definition) is 1. The second-order valence-electron chi connectivity index (χ2n) is 3.44. The van der Waals surface area contributed by atoms with Crippen molar-refractivity contribution in [3.8, 4) is 0 Å². The van der Waals surface area contributed by atoms with Crippen molar-refractivity contribution in [1.29, 1.82) is 0 Å².